The first-order chi connectivity index (χ1) is 16.9. The highest BCUT2D eigenvalue weighted by Crippen LogP contribution is 2.16. The normalized spacial score (nSPS) is 11.3. The Bertz CT molecular complexity index is 350. The molecular weight excluding hydrogens is 412 g/mol. The van der Waals surface area contributed by atoms with Crippen LogP contribution in [-0.4, -0.2) is 6.29 Å². The molecule has 0 saturated heterocycles. The molecule has 1 nitrogen and oxygen atoms in total. The molecule has 0 heterocycles. The lowest BCUT2D eigenvalue weighted by molar-refractivity contribution is 0.512. The third-order valence-corrected chi connectivity index (χ3v) is 7.63. The third-order valence-electron chi connectivity index (χ3n) is 7.63. The molecule has 0 atom stereocenters. The predicted octanol–water partition coefficient (Wildman–Crippen LogP) is 12.2. The van der Waals surface area contributed by atoms with Gasteiger partial charge in [0.25, 0.3) is 0 Å². The van der Waals surface area contributed by atoms with E-state index in [-0.39, 0.29) is 0 Å². The maximum absolute atomic E-state index is 10.1. The van der Waals surface area contributed by atoms with Gasteiger partial charge in [-0.15, -0.1) is 0 Å². The number of rotatable bonds is 31. The van der Waals surface area contributed by atoms with Crippen LogP contribution in [0.1, 0.15) is 206 Å². The highest BCUT2D eigenvalue weighted by molar-refractivity contribution is 5.50. The first-order valence-corrected chi connectivity index (χ1v) is 16.3. The van der Waals surface area contributed by atoms with E-state index < -0.39 is 0 Å². The van der Waals surface area contributed by atoms with Gasteiger partial charge in [0.05, 0.1) is 0 Å². The molecule has 1 heteroatoms. The van der Waals surface area contributed by atoms with Gasteiger partial charge in [-0.25, -0.2) is 0 Å². The van der Waals surface area contributed by atoms with E-state index in [0.29, 0.717) is 6.42 Å². The van der Waals surface area contributed by atoms with Crippen molar-refractivity contribution in [2.45, 2.75) is 206 Å². The van der Waals surface area contributed by atoms with Crippen LogP contribution in [0.3, 0.4) is 0 Å². The topological polar surface area (TPSA) is 17.1 Å². The van der Waals surface area contributed by atoms with Crippen molar-refractivity contribution in [1.82, 2.24) is 0 Å². The van der Waals surface area contributed by atoms with Gasteiger partial charge in [-0.1, -0.05) is 193 Å². The van der Waals surface area contributed by atoms with Crippen LogP contribution in [0.4, 0.5) is 0 Å². The van der Waals surface area contributed by atoms with Gasteiger partial charge >= 0.3 is 0 Å². The second kappa shape index (κ2) is 32.7. The van der Waals surface area contributed by atoms with E-state index in [0.717, 1.165) is 6.42 Å². The maximum Gasteiger partial charge on any atom is 0.198 e. The second-order valence-electron chi connectivity index (χ2n) is 11.1. The number of hydrogen-bond donors (Lipinski definition) is 0. The van der Waals surface area contributed by atoms with Gasteiger partial charge in [-0.05, 0) is 6.42 Å². The van der Waals surface area contributed by atoms with Gasteiger partial charge in [-0.3, -0.25) is 4.79 Å². The summed E-state index contributed by atoms with van der Waals surface area (Å²) >= 11 is 0. The molecule has 0 fully saturated rings. The average molecular weight is 478 g/mol. The third kappa shape index (κ3) is 31.7. The molecule has 0 spiro atoms. The Labute approximate surface area is 217 Å². The zero-order valence-electron chi connectivity index (χ0n) is 23.8. The molecular formula is C33H65O. The minimum absolute atomic E-state index is 0.638. The molecule has 0 aliphatic rings. The summed E-state index contributed by atoms with van der Waals surface area (Å²) in [6, 6.07) is 0. The molecule has 0 aliphatic carbocycles. The van der Waals surface area contributed by atoms with Crippen molar-refractivity contribution >= 4 is 6.29 Å². The van der Waals surface area contributed by atoms with Crippen molar-refractivity contribution in [2.24, 2.45) is 0 Å². The molecule has 0 aromatic heterocycles. The van der Waals surface area contributed by atoms with Crippen LogP contribution in [0.2, 0.25) is 0 Å². The highest BCUT2D eigenvalue weighted by atomic mass is 16.1. The average Bonchev–Trinajstić information content (AvgIpc) is 2.85. The Hall–Kier alpha value is -0.330. The van der Waals surface area contributed by atoms with Crippen LogP contribution in [0.25, 0.3) is 0 Å². The van der Waals surface area contributed by atoms with Crippen LogP contribution >= 0.6 is 0 Å². The van der Waals surface area contributed by atoms with Crippen LogP contribution in [-0.2, 0) is 4.79 Å². The highest BCUT2D eigenvalue weighted by Gasteiger charge is 1.97. The van der Waals surface area contributed by atoms with E-state index in [1.807, 2.05) is 6.29 Å². The molecule has 0 N–H and O–H groups in total. The van der Waals surface area contributed by atoms with Gasteiger partial charge in [0.15, 0.2) is 6.29 Å². The van der Waals surface area contributed by atoms with Crippen LogP contribution in [0.15, 0.2) is 0 Å². The van der Waals surface area contributed by atoms with E-state index in [4.69, 9.17) is 0 Å². The van der Waals surface area contributed by atoms with Crippen molar-refractivity contribution < 1.29 is 4.79 Å². The second-order valence-corrected chi connectivity index (χ2v) is 11.1. The number of carbonyl (C=O) groups excluding carboxylic acids is 1. The molecule has 0 rings (SSSR count). The van der Waals surface area contributed by atoms with Crippen LogP contribution < -0.4 is 0 Å². The number of unbranched alkanes of at least 4 members (excludes halogenated alkanes) is 30. The Morgan fingerprint density at radius 3 is 0.647 bits per heavy atom. The van der Waals surface area contributed by atoms with Gasteiger partial charge in [-0.2, -0.15) is 0 Å². The molecule has 0 bridgehead atoms. The SMILES string of the molecule is CCCCCCCCCCCCCCCCCCCCCCCCCCCCCCCC[C]=O. The summed E-state index contributed by atoms with van der Waals surface area (Å²) < 4.78 is 0. The molecule has 0 aliphatic heterocycles. The summed E-state index contributed by atoms with van der Waals surface area (Å²) in [5.41, 5.74) is 0. The number of hydrogen-bond acceptors (Lipinski definition) is 1. The van der Waals surface area contributed by atoms with Crippen LogP contribution in [0, 0.1) is 0 Å². The van der Waals surface area contributed by atoms with Gasteiger partial charge < -0.3 is 0 Å². The summed E-state index contributed by atoms with van der Waals surface area (Å²) in [4.78, 5) is 10.1. The zero-order chi connectivity index (χ0) is 24.6. The summed E-state index contributed by atoms with van der Waals surface area (Å²) in [5.74, 6) is 0. The lowest BCUT2D eigenvalue weighted by Crippen LogP contribution is -1.85. The first-order valence-electron chi connectivity index (χ1n) is 16.3. The predicted molar refractivity (Wildman–Crippen MR) is 154 cm³/mol. The Kier molecular flexibility index (Phi) is 32.4. The molecule has 0 saturated carbocycles. The minimum Gasteiger partial charge on any atom is -0.291 e. The summed E-state index contributed by atoms with van der Waals surface area (Å²) in [6.45, 7) is 2.30. The van der Waals surface area contributed by atoms with E-state index in [1.165, 1.54) is 186 Å². The van der Waals surface area contributed by atoms with Crippen LogP contribution in [0.5, 0.6) is 0 Å². The fourth-order valence-corrected chi connectivity index (χ4v) is 5.22. The van der Waals surface area contributed by atoms with Crippen molar-refractivity contribution in [2.75, 3.05) is 0 Å². The fourth-order valence-electron chi connectivity index (χ4n) is 5.22. The largest absolute Gasteiger partial charge is 0.291 e. The quantitative estimate of drug-likeness (QED) is 0.0907. The summed E-state index contributed by atoms with van der Waals surface area (Å²) in [5, 5.41) is 0. The molecule has 34 heavy (non-hydrogen) atoms. The molecule has 203 valence electrons. The lowest BCUT2D eigenvalue weighted by Gasteiger charge is -2.04. The van der Waals surface area contributed by atoms with Gasteiger partial charge in [0.2, 0.25) is 0 Å². The standard InChI is InChI=1S/C33H65O/c1-2-3-4-5-6-7-8-9-10-11-12-13-14-15-16-17-18-19-20-21-22-23-24-25-26-27-28-29-30-31-32-33-34/h2-32H2,1H3. The van der Waals surface area contributed by atoms with Crippen molar-refractivity contribution in [3.8, 4) is 0 Å². The van der Waals surface area contributed by atoms with E-state index in [1.54, 1.807) is 0 Å². The monoisotopic (exact) mass is 478 g/mol. The smallest absolute Gasteiger partial charge is 0.198 e. The zero-order valence-corrected chi connectivity index (χ0v) is 23.8. The lowest BCUT2D eigenvalue weighted by atomic mass is 10.0. The molecule has 0 aromatic rings. The maximum atomic E-state index is 10.1. The van der Waals surface area contributed by atoms with Crippen molar-refractivity contribution in [3.05, 3.63) is 0 Å². The Morgan fingerprint density at radius 1 is 0.294 bits per heavy atom. The molecule has 0 unspecified atom stereocenters. The molecule has 1 radical (unpaired) electrons. The first kappa shape index (κ1) is 33.7. The van der Waals surface area contributed by atoms with Crippen molar-refractivity contribution in [1.29, 1.82) is 0 Å². The summed E-state index contributed by atoms with van der Waals surface area (Å²) in [7, 11) is 0. The van der Waals surface area contributed by atoms with Gasteiger partial charge in [0, 0.05) is 6.42 Å². The summed E-state index contributed by atoms with van der Waals surface area (Å²) in [6.07, 6.45) is 45.6. The minimum atomic E-state index is 0.638. The molecule has 0 amide bonds. The Balaban J connectivity index is 3.00. The fraction of sp³-hybridized carbons (Fsp3) is 0.970. The molecule has 0 aromatic carbocycles. The van der Waals surface area contributed by atoms with E-state index in [2.05, 4.69) is 6.92 Å². The Morgan fingerprint density at radius 2 is 0.471 bits per heavy atom. The van der Waals surface area contributed by atoms with E-state index in [9.17, 15) is 4.79 Å². The van der Waals surface area contributed by atoms with E-state index >= 15 is 0 Å². The van der Waals surface area contributed by atoms with Crippen molar-refractivity contribution in [3.63, 3.8) is 0 Å². The van der Waals surface area contributed by atoms with Gasteiger partial charge in [0.1, 0.15) is 0 Å².